The third-order valence-electron chi connectivity index (χ3n) is 10.4. The predicted octanol–water partition coefficient (Wildman–Crippen LogP) is 13.6. The van der Waals surface area contributed by atoms with Crippen molar-refractivity contribution < 1.29 is 4.42 Å². The molecule has 0 bridgehead atoms. The van der Waals surface area contributed by atoms with E-state index in [1.54, 1.807) is 11.3 Å². The molecular formula is C49H29N3OS. The molecule has 3 aromatic heterocycles. The molecule has 0 aliphatic heterocycles. The standard InChI is InChI=1S/C49H29N3OS/c1-3-14-30(15-4-1)33-18-7-10-22-38(33)48-50-47(32-26-27-44-39(28-32)36-20-11-12-25-43(36)54-44)51-49(52-48)40-29-41-45-34(31-16-5-2-6-17-31)23-13-24-42(45)53-46(41)37-21-9-8-19-35(37)40/h1-29H. The molecule has 3 heterocycles. The zero-order valence-corrected chi connectivity index (χ0v) is 29.7. The fourth-order valence-electron chi connectivity index (χ4n) is 7.85. The number of benzene rings is 8. The van der Waals surface area contributed by atoms with Crippen molar-refractivity contribution in [2.24, 2.45) is 0 Å². The summed E-state index contributed by atoms with van der Waals surface area (Å²) in [5.74, 6) is 1.86. The molecule has 252 valence electrons. The lowest BCUT2D eigenvalue weighted by Crippen LogP contribution is -2.01. The smallest absolute Gasteiger partial charge is 0.164 e. The highest BCUT2D eigenvalue weighted by molar-refractivity contribution is 7.25. The van der Waals surface area contributed by atoms with E-state index < -0.39 is 0 Å². The van der Waals surface area contributed by atoms with Crippen molar-refractivity contribution in [3.63, 3.8) is 0 Å². The van der Waals surface area contributed by atoms with E-state index in [0.717, 1.165) is 71.7 Å². The summed E-state index contributed by atoms with van der Waals surface area (Å²) in [6, 6.07) is 61.4. The van der Waals surface area contributed by atoms with E-state index in [1.165, 1.54) is 20.2 Å². The van der Waals surface area contributed by atoms with E-state index in [9.17, 15) is 0 Å². The highest BCUT2D eigenvalue weighted by Gasteiger charge is 2.21. The monoisotopic (exact) mass is 707 g/mol. The normalized spacial score (nSPS) is 11.7. The van der Waals surface area contributed by atoms with Gasteiger partial charge in [-0.2, -0.15) is 0 Å². The first kappa shape index (κ1) is 30.7. The van der Waals surface area contributed by atoms with E-state index in [-0.39, 0.29) is 0 Å². The highest BCUT2D eigenvalue weighted by Crippen LogP contribution is 2.43. The van der Waals surface area contributed by atoms with Gasteiger partial charge in [-0.25, -0.2) is 15.0 Å². The van der Waals surface area contributed by atoms with Gasteiger partial charge in [0.2, 0.25) is 0 Å². The average Bonchev–Trinajstić information content (AvgIpc) is 3.82. The lowest BCUT2D eigenvalue weighted by Gasteiger charge is -2.13. The number of rotatable bonds is 5. The Morgan fingerprint density at radius 2 is 0.944 bits per heavy atom. The predicted molar refractivity (Wildman–Crippen MR) is 225 cm³/mol. The summed E-state index contributed by atoms with van der Waals surface area (Å²) in [4.78, 5) is 15.9. The van der Waals surface area contributed by atoms with Crippen LogP contribution < -0.4 is 0 Å². The minimum atomic E-state index is 0.609. The summed E-state index contributed by atoms with van der Waals surface area (Å²) < 4.78 is 9.19. The topological polar surface area (TPSA) is 51.8 Å². The number of nitrogens with zero attached hydrogens (tertiary/aromatic N) is 3. The van der Waals surface area contributed by atoms with E-state index in [1.807, 2.05) is 12.1 Å². The maximum atomic E-state index is 6.69. The molecule has 5 heteroatoms. The maximum absolute atomic E-state index is 6.69. The molecule has 0 saturated carbocycles. The molecule has 0 amide bonds. The van der Waals surface area contributed by atoms with Crippen LogP contribution in [0.15, 0.2) is 180 Å². The average molecular weight is 708 g/mol. The molecule has 0 saturated heterocycles. The van der Waals surface area contributed by atoms with Gasteiger partial charge in [-0.1, -0.05) is 140 Å². The molecule has 0 aliphatic rings. The maximum Gasteiger partial charge on any atom is 0.164 e. The third-order valence-corrected chi connectivity index (χ3v) is 11.5. The minimum Gasteiger partial charge on any atom is -0.455 e. The largest absolute Gasteiger partial charge is 0.455 e. The third kappa shape index (κ3) is 4.94. The molecule has 0 spiro atoms. The van der Waals surface area contributed by atoms with Gasteiger partial charge in [0.1, 0.15) is 11.2 Å². The number of furan rings is 1. The van der Waals surface area contributed by atoms with Crippen molar-refractivity contribution in [2.75, 3.05) is 0 Å². The Morgan fingerprint density at radius 3 is 1.74 bits per heavy atom. The van der Waals surface area contributed by atoms with Gasteiger partial charge in [0.15, 0.2) is 17.5 Å². The first-order chi connectivity index (χ1) is 26.8. The Hall–Kier alpha value is -6.95. The van der Waals surface area contributed by atoms with Crippen molar-refractivity contribution in [2.45, 2.75) is 0 Å². The molecule has 54 heavy (non-hydrogen) atoms. The van der Waals surface area contributed by atoms with E-state index >= 15 is 0 Å². The summed E-state index contributed by atoms with van der Waals surface area (Å²) >= 11 is 1.81. The first-order valence-electron chi connectivity index (χ1n) is 18.0. The van der Waals surface area contributed by atoms with Crippen molar-refractivity contribution in [1.29, 1.82) is 0 Å². The molecule has 0 unspecified atom stereocenters. The van der Waals surface area contributed by atoms with Crippen LogP contribution in [-0.2, 0) is 0 Å². The Kier molecular flexibility index (Phi) is 7.00. The molecule has 11 aromatic rings. The van der Waals surface area contributed by atoms with Crippen LogP contribution in [0.25, 0.3) is 109 Å². The van der Waals surface area contributed by atoms with E-state index in [2.05, 4.69) is 164 Å². The zero-order valence-electron chi connectivity index (χ0n) is 28.9. The van der Waals surface area contributed by atoms with E-state index in [4.69, 9.17) is 19.4 Å². The Bertz CT molecular complexity index is 3220. The quantitative estimate of drug-likeness (QED) is 0.179. The van der Waals surface area contributed by atoms with E-state index in [0.29, 0.717) is 17.5 Å². The molecule has 4 nitrogen and oxygen atoms in total. The Balaban J connectivity index is 1.21. The molecule has 0 fully saturated rings. The summed E-state index contributed by atoms with van der Waals surface area (Å²) in [5, 5.41) is 6.57. The van der Waals surface area contributed by atoms with Crippen LogP contribution in [0, 0.1) is 0 Å². The van der Waals surface area contributed by atoms with Crippen molar-refractivity contribution in [3.05, 3.63) is 176 Å². The molecular weight excluding hydrogens is 679 g/mol. The van der Waals surface area contributed by atoms with Gasteiger partial charge < -0.3 is 4.42 Å². The minimum absolute atomic E-state index is 0.609. The van der Waals surface area contributed by atoms with Crippen LogP contribution >= 0.6 is 11.3 Å². The number of hydrogen-bond acceptors (Lipinski definition) is 5. The molecule has 8 aromatic carbocycles. The number of fused-ring (bicyclic) bond motifs is 8. The summed E-state index contributed by atoms with van der Waals surface area (Å²) in [7, 11) is 0. The molecule has 0 radical (unpaired) electrons. The van der Waals surface area contributed by atoms with Crippen LogP contribution in [0.5, 0.6) is 0 Å². The fraction of sp³-hybridized carbons (Fsp3) is 0. The van der Waals surface area contributed by atoms with Crippen LogP contribution in [0.4, 0.5) is 0 Å². The second-order valence-corrected chi connectivity index (χ2v) is 14.6. The fourth-order valence-corrected chi connectivity index (χ4v) is 8.94. The van der Waals surface area contributed by atoms with Gasteiger partial charge in [0.25, 0.3) is 0 Å². The lowest BCUT2D eigenvalue weighted by molar-refractivity contribution is 0.673. The van der Waals surface area contributed by atoms with Crippen molar-refractivity contribution in [3.8, 4) is 56.4 Å². The highest BCUT2D eigenvalue weighted by atomic mass is 32.1. The summed E-state index contributed by atoms with van der Waals surface area (Å²) in [6.45, 7) is 0. The first-order valence-corrected chi connectivity index (χ1v) is 18.8. The zero-order chi connectivity index (χ0) is 35.6. The van der Waals surface area contributed by atoms with Crippen LogP contribution in [0.1, 0.15) is 0 Å². The summed E-state index contributed by atoms with van der Waals surface area (Å²) in [5.41, 5.74) is 8.94. The summed E-state index contributed by atoms with van der Waals surface area (Å²) in [6.07, 6.45) is 0. The van der Waals surface area contributed by atoms with Crippen LogP contribution in [-0.4, -0.2) is 15.0 Å². The Labute approximate surface area is 314 Å². The van der Waals surface area contributed by atoms with Crippen LogP contribution in [0.3, 0.4) is 0 Å². The Morgan fingerprint density at radius 1 is 0.352 bits per heavy atom. The molecule has 11 rings (SSSR count). The van der Waals surface area contributed by atoms with Crippen LogP contribution in [0.2, 0.25) is 0 Å². The second-order valence-electron chi connectivity index (χ2n) is 13.5. The van der Waals surface area contributed by atoms with Gasteiger partial charge in [0, 0.05) is 53.0 Å². The van der Waals surface area contributed by atoms with Gasteiger partial charge in [-0.05, 0) is 64.0 Å². The second kappa shape index (κ2) is 12.3. The van der Waals surface area contributed by atoms with Crippen molar-refractivity contribution in [1.82, 2.24) is 15.0 Å². The van der Waals surface area contributed by atoms with Gasteiger partial charge in [-0.15, -0.1) is 11.3 Å². The lowest BCUT2D eigenvalue weighted by atomic mass is 9.95. The van der Waals surface area contributed by atoms with Gasteiger partial charge >= 0.3 is 0 Å². The van der Waals surface area contributed by atoms with Gasteiger partial charge in [-0.3, -0.25) is 0 Å². The SMILES string of the molecule is c1ccc(-c2ccccc2-c2nc(-c3ccc4sc5ccccc5c4c3)nc(-c3cc4c(oc5cccc(-c6ccccc6)c54)c4ccccc34)n2)cc1. The molecule has 0 aliphatic carbocycles. The van der Waals surface area contributed by atoms with Gasteiger partial charge in [0.05, 0.1) is 0 Å². The number of aromatic nitrogens is 3. The number of hydrogen-bond donors (Lipinski definition) is 0. The molecule has 0 N–H and O–H groups in total. The molecule has 0 atom stereocenters. The van der Waals surface area contributed by atoms with Crippen molar-refractivity contribution >= 4 is 64.2 Å². The number of thiophene rings is 1.